The van der Waals surface area contributed by atoms with Crippen molar-refractivity contribution in [2.45, 2.75) is 13.5 Å². The van der Waals surface area contributed by atoms with E-state index in [2.05, 4.69) is 6.07 Å². The SMILES string of the molecule is COc1cccc2c(=O)cc(C)n(CC#N)c12. The molecule has 4 heteroatoms. The van der Waals surface area contributed by atoms with Crippen molar-refractivity contribution in [3.63, 3.8) is 0 Å². The number of nitriles is 1. The minimum atomic E-state index is -0.0504. The summed E-state index contributed by atoms with van der Waals surface area (Å²) in [6.07, 6.45) is 0. The number of methoxy groups -OCH3 is 1. The van der Waals surface area contributed by atoms with Crippen LogP contribution in [0.5, 0.6) is 5.75 Å². The van der Waals surface area contributed by atoms with Crippen LogP contribution in [0.15, 0.2) is 29.1 Å². The van der Waals surface area contributed by atoms with Gasteiger partial charge in [0.1, 0.15) is 12.3 Å². The van der Waals surface area contributed by atoms with Crippen LogP contribution in [0.2, 0.25) is 0 Å². The molecule has 0 aliphatic carbocycles. The Balaban J connectivity index is 2.97. The third-order valence-electron chi connectivity index (χ3n) is 2.75. The van der Waals surface area contributed by atoms with E-state index in [9.17, 15) is 4.79 Å². The van der Waals surface area contributed by atoms with Gasteiger partial charge in [0.05, 0.1) is 18.7 Å². The van der Waals surface area contributed by atoms with Gasteiger partial charge in [0.2, 0.25) is 0 Å². The van der Waals surface area contributed by atoms with E-state index in [0.29, 0.717) is 16.7 Å². The van der Waals surface area contributed by atoms with E-state index in [0.717, 1.165) is 5.69 Å². The second kappa shape index (κ2) is 4.30. The van der Waals surface area contributed by atoms with Crippen LogP contribution >= 0.6 is 0 Å². The quantitative estimate of drug-likeness (QED) is 0.788. The Morgan fingerprint density at radius 2 is 2.24 bits per heavy atom. The molecule has 0 N–H and O–H groups in total. The molecule has 0 saturated heterocycles. The van der Waals surface area contributed by atoms with E-state index in [-0.39, 0.29) is 12.0 Å². The average molecular weight is 228 g/mol. The summed E-state index contributed by atoms with van der Waals surface area (Å²) in [7, 11) is 1.55. The van der Waals surface area contributed by atoms with Gasteiger partial charge in [-0.1, -0.05) is 6.07 Å². The molecular formula is C13H12N2O2. The van der Waals surface area contributed by atoms with E-state index in [1.807, 2.05) is 6.92 Å². The van der Waals surface area contributed by atoms with Crippen LogP contribution in [0.1, 0.15) is 5.69 Å². The second-order valence-electron chi connectivity index (χ2n) is 3.75. The van der Waals surface area contributed by atoms with E-state index in [1.165, 1.54) is 0 Å². The Morgan fingerprint density at radius 3 is 2.88 bits per heavy atom. The van der Waals surface area contributed by atoms with Gasteiger partial charge in [0, 0.05) is 17.1 Å². The maximum Gasteiger partial charge on any atom is 0.189 e. The smallest absolute Gasteiger partial charge is 0.189 e. The fourth-order valence-electron chi connectivity index (χ4n) is 1.96. The molecule has 0 aliphatic heterocycles. The molecule has 1 heterocycles. The van der Waals surface area contributed by atoms with E-state index in [1.54, 1.807) is 35.9 Å². The number of ether oxygens (including phenoxy) is 1. The van der Waals surface area contributed by atoms with Crippen molar-refractivity contribution in [1.29, 1.82) is 5.26 Å². The lowest BCUT2D eigenvalue weighted by Gasteiger charge is -2.13. The number of fused-ring (bicyclic) bond motifs is 1. The first-order valence-electron chi connectivity index (χ1n) is 5.23. The Morgan fingerprint density at radius 1 is 1.47 bits per heavy atom. The van der Waals surface area contributed by atoms with Crippen molar-refractivity contribution in [3.8, 4) is 11.8 Å². The number of hydrogen-bond donors (Lipinski definition) is 0. The molecule has 17 heavy (non-hydrogen) atoms. The van der Waals surface area contributed by atoms with E-state index < -0.39 is 0 Å². The highest BCUT2D eigenvalue weighted by Crippen LogP contribution is 2.24. The largest absolute Gasteiger partial charge is 0.495 e. The molecule has 1 aromatic carbocycles. The van der Waals surface area contributed by atoms with Gasteiger partial charge in [-0.15, -0.1) is 0 Å². The fraction of sp³-hybridized carbons (Fsp3) is 0.231. The second-order valence-corrected chi connectivity index (χ2v) is 3.75. The highest BCUT2D eigenvalue weighted by atomic mass is 16.5. The Bertz CT molecular complexity index is 665. The number of aryl methyl sites for hydroxylation is 1. The lowest BCUT2D eigenvalue weighted by Crippen LogP contribution is -2.12. The molecule has 0 fully saturated rings. The maximum atomic E-state index is 11.9. The molecule has 4 nitrogen and oxygen atoms in total. The highest BCUT2D eigenvalue weighted by Gasteiger charge is 2.10. The molecule has 0 bridgehead atoms. The van der Waals surface area contributed by atoms with Crippen LogP contribution in [0.4, 0.5) is 0 Å². The molecule has 0 unspecified atom stereocenters. The van der Waals surface area contributed by atoms with Crippen molar-refractivity contribution >= 4 is 10.9 Å². The van der Waals surface area contributed by atoms with Crippen molar-refractivity contribution < 1.29 is 4.74 Å². The molecule has 2 rings (SSSR count). The van der Waals surface area contributed by atoms with Crippen molar-refractivity contribution in [2.24, 2.45) is 0 Å². The number of rotatable bonds is 2. The van der Waals surface area contributed by atoms with Gasteiger partial charge in [0.25, 0.3) is 0 Å². The van der Waals surface area contributed by atoms with Crippen LogP contribution in [0, 0.1) is 18.3 Å². The van der Waals surface area contributed by atoms with Gasteiger partial charge in [-0.2, -0.15) is 5.26 Å². The minimum absolute atomic E-state index is 0.0504. The lowest BCUT2D eigenvalue weighted by molar-refractivity contribution is 0.417. The van der Waals surface area contributed by atoms with Gasteiger partial charge in [-0.05, 0) is 19.1 Å². The fourth-order valence-corrected chi connectivity index (χ4v) is 1.96. The first-order valence-corrected chi connectivity index (χ1v) is 5.23. The topological polar surface area (TPSA) is 55.0 Å². The zero-order chi connectivity index (χ0) is 12.4. The zero-order valence-electron chi connectivity index (χ0n) is 9.73. The molecule has 0 spiro atoms. The first-order chi connectivity index (χ1) is 8.19. The summed E-state index contributed by atoms with van der Waals surface area (Å²) >= 11 is 0. The van der Waals surface area contributed by atoms with Crippen LogP contribution in [-0.2, 0) is 6.54 Å². The molecule has 0 radical (unpaired) electrons. The summed E-state index contributed by atoms with van der Waals surface area (Å²) in [5.41, 5.74) is 1.39. The van der Waals surface area contributed by atoms with Gasteiger partial charge in [0.15, 0.2) is 5.43 Å². The summed E-state index contributed by atoms with van der Waals surface area (Å²) in [4.78, 5) is 11.9. The Hall–Kier alpha value is -2.28. The molecule has 0 aliphatic rings. The maximum absolute atomic E-state index is 11.9. The first kappa shape index (κ1) is 11.2. The molecule has 0 saturated carbocycles. The van der Waals surface area contributed by atoms with Crippen LogP contribution in [0.3, 0.4) is 0 Å². The standard InChI is InChI=1S/C13H12N2O2/c1-9-8-11(16)10-4-3-5-12(17-2)13(10)15(9)7-6-14/h3-5,8H,7H2,1-2H3. The van der Waals surface area contributed by atoms with Crippen molar-refractivity contribution in [2.75, 3.05) is 7.11 Å². The van der Waals surface area contributed by atoms with Crippen LogP contribution in [-0.4, -0.2) is 11.7 Å². The van der Waals surface area contributed by atoms with Crippen molar-refractivity contribution in [1.82, 2.24) is 4.57 Å². The van der Waals surface area contributed by atoms with Gasteiger partial charge < -0.3 is 9.30 Å². The molecule has 2 aromatic rings. The Labute approximate surface area is 98.7 Å². The third-order valence-corrected chi connectivity index (χ3v) is 2.75. The summed E-state index contributed by atoms with van der Waals surface area (Å²) in [6, 6.07) is 8.94. The predicted octanol–water partition coefficient (Wildman–Crippen LogP) is 1.84. The zero-order valence-corrected chi connectivity index (χ0v) is 9.73. The summed E-state index contributed by atoms with van der Waals surface area (Å²) < 4.78 is 7.04. The normalized spacial score (nSPS) is 10.2. The third kappa shape index (κ3) is 1.76. The average Bonchev–Trinajstić information content (AvgIpc) is 2.33. The van der Waals surface area contributed by atoms with Crippen LogP contribution < -0.4 is 10.2 Å². The van der Waals surface area contributed by atoms with Gasteiger partial charge in [-0.25, -0.2) is 0 Å². The molecule has 0 atom stereocenters. The summed E-state index contributed by atoms with van der Waals surface area (Å²) in [6.45, 7) is 2.01. The summed E-state index contributed by atoms with van der Waals surface area (Å²) in [5.74, 6) is 0.610. The molecule has 1 aromatic heterocycles. The number of hydrogen-bond acceptors (Lipinski definition) is 3. The van der Waals surface area contributed by atoms with Crippen molar-refractivity contribution in [3.05, 3.63) is 40.2 Å². The highest BCUT2D eigenvalue weighted by molar-refractivity contribution is 5.85. The lowest BCUT2D eigenvalue weighted by atomic mass is 10.1. The number of para-hydroxylation sites is 1. The monoisotopic (exact) mass is 228 g/mol. The van der Waals surface area contributed by atoms with Gasteiger partial charge in [-0.3, -0.25) is 4.79 Å². The minimum Gasteiger partial charge on any atom is -0.495 e. The number of benzene rings is 1. The van der Waals surface area contributed by atoms with E-state index in [4.69, 9.17) is 10.00 Å². The number of nitrogens with zero attached hydrogens (tertiary/aromatic N) is 2. The number of pyridine rings is 1. The van der Waals surface area contributed by atoms with E-state index >= 15 is 0 Å². The van der Waals surface area contributed by atoms with Gasteiger partial charge >= 0.3 is 0 Å². The molecule has 86 valence electrons. The van der Waals surface area contributed by atoms with Crippen LogP contribution in [0.25, 0.3) is 10.9 Å². The molecule has 0 amide bonds. The number of aromatic nitrogens is 1. The Kier molecular flexibility index (Phi) is 2.84. The predicted molar refractivity (Wildman–Crippen MR) is 65.1 cm³/mol. The summed E-state index contributed by atoms with van der Waals surface area (Å²) in [5, 5.41) is 9.42. The molecular weight excluding hydrogens is 216 g/mol.